The molecule has 0 atom stereocenters. The number of thioether (sulfide) groups is 1. The van der Waals surface area contributed by atoms with Gasteiger partial charge in [0.25, 0.3) is 0 Å². The van der Waals surface area contributed by atoms with Gasteiger partial charge in [-0.25, -0.2) is 0 Å². The summed E-state index contributed by atoms with van der Waals surface area (Å²) in [5.74, 6) is 0. The lowest BCUT2D eigenvalue weighted by Gasteiger charge is -2.10. The second kappa shape index (κ2) is 4.66. The van der Waals surface area contributed by atoms with Crippen molar-refractivity contribution in [1.82, 2.24) is 0 Å². The van der Waals surface area contributed by atoms with Crippen LogP contribution in [-0.2, 0) is 0 Å². The molecule has 0 nitrogen and oxygen atoms in total. The molecule has 1 heteroatoms. The van der Waals surface area contributed by atoms with E-state index in [2.05, 4.69) is 18.9 Å². The summed E-state index contributed by atoms with van der Waals surface area (Å²) in [6.45, 7) is 4.03. The molecule has 0 heterocycles. The van der Waals surface area contributed by atoms with E-state index >= 15 is 0 Å². The number of hydrogen-bond donors (Lipinski definition) is 0. The van der Waals surface area contributed by atoms with E-state index in [-0.39, 0.29) is 0 Å². The highest BCUT2D eigenvalue weighted by molar-refractivity contribution is 8.02. The summed E-state index contributed by atoms with van der Waals surface area (Å²) in [6, 6.07) is 0. The standard InChI is InChI=1S/C10H16S/c1-9-5-3-7-10(11-2)8-4-6-9/h7H,1,3-6,8H2,2H3/b10-7+. The largest absolute Gasteiger partial charge is 0.134 e. The molecule has 0 amide bonds. The third kappa shape index (κ3) is 3.15. The van der Waals surface area contributed by atoms with Gasteiger partial charge in [-0.15, -0.1) is 11.8 Å². The maximum Gasteiger partial charge on any atom is -0.0140 e. The van der Waals surface area contributed by atoms with Gasteiger partial charge in [-0.1, -0.05) is 18.2 Å². The van der Waals surface area contributed by atoms with Crippen LogP contribution in [0.5, 0.6) is 0 Å². The number of allylic oxidation sites excluding steroid dienone is 3. The minimum atomic E-state index is 1.20. The van der Waals surface area contributed by atoms with Crippen molar-refractivity contribution < 1.29 is 0 Å². The summed E-state index contributed by atoms with van der Waals surface area (Å²) in [4.78, 5) is 1.57. The minimum absolute atomic E-state index is 1.20. The topological polar surface area (TPSA) is 0 Å². The molecule has 0 aromatic heterocycles. The summed E-state index contributed by atoms with van der Waals surface area (Å²) >= 11 is 1.90. The third-order valence-corrected chi connectivity index (χ3v) is 2.98. The van der Waals surface area contributed by atoms with E-state index in [0.717, 1.165) is 0 Å². The van der Waals surface area contributed by atoms with Crippen molar-refractivity contribution in [3.8, 4) is 0 Å². The van der Waals surface area contributed by atoms with Gasteiger partial charge in [-0.2, -0.15) is 0 Å². The Morgan fingerprint density at radius 1 is 1.36 bits per heavy atom. The second-order valence-corrected chi connectivity index (χ2v) is 3.95. The van der Waals surface area contributed by atoms with Crippen molar-refractivity contribution in [3.63, 3.8) is 0 Å². The summed E-state index contributed by atoms with van der Waals surface area (Å²) in [5, 5.41) is 0. The second-order valence-electron chi connectivity index (χ2n) is 3.02. The third-order valence-electron chi connectivity index (χ3n) is 2.09. The van der Waals surface area contributed by atoms with Crippen LogP contribution in [0.1, 0.15) is 32.1 Å². The van der Waals surface area contributed by atoms with E-state index in [1.54, 1.807) is 4.91 Å². The Bertz CT molecular complexity index is 168. The van der Waals surface area contributed by atoms with Gasteiger partial charge < -0.3 is 0 Å². The lowest BCUT2D eigenvalue weighted by atomic mass is 10.0. The van der Waals surface area contributed by atoms with Crippen LogP contribution in [0.25, 0.3) is 0 Å². The van der Waals surface area contributed by atoms with Crippen LogP contribution in [0.15, 0.2) is 23.1 Å². The molecule has 0 N–H and O–H groups in total. The van der Waals surface area contributed by atoms with Crippen LogP contribution in [0.3, 0.4) is 0 Å². The average Bonchev–Trinajstić information content (AvgIpc) is 1.96. The van der Waals surface area contributed by atoms with E-state index in [9.17, 15) is 0 Å². The van der Waals surface area contributed by atoms with Gasteiger partial charge in [0.2, 0.25) is 0 Å². The normalized spacial score (nSPS) is 25.2. The van der Waals surface area contributed by atoms with Crippen LogP contribution in [0, 0.1) is 0 Å². The lowest BCUT2D eigenvalue weighted by Crippen LogP contribution is -1.89. The molecule has 0 radical (unpaired) electrons. The first kappa shape index (κ1) is 8.92. The van der Waals surface area contributed by atoms with Crippen LogP contribution < -0.4 is 0 Å². The summed E-state index contributed by atoms with van der Waals surface area (Å²) in [5.41, 5.74) is 1.43. The zero-order valence-electron chi connectivity index (χ0n) is 7.23. The molecule has 62 valence electrons. The highest BCUT2D eigenvalue weighted by Gasteiger charge is 2.01. The SMILES string of the molecule is C=C1CC/C=C(/SC)CCC1. The van der Waals surface area contributed by atoms with E-state index in [1.165, 1.54) is 37.7 Å². The first-order valence-corrected chi connectivity index (χ1v) is 5.45. The molecule has 1 aliphatic carbocycles. The molecule has 0 fully saturated rings. The van der Waals surface area contributed by atoms with Gasteiger partial charge in [0, 0.05) is 0 Å². The zero-order chi connectivity index (χ0) is 8.10. The Hall–Kier alpha value is -0.170. The Balaban J connectivity index is 2.46. The molecule has 0 unspecified atom stereocenters. The maximum absolute atomic E-state index is 4.03. The fourth-order valence-electron chi connectivity index (χ4n) is 1.36. The van der Waals surface area contributed by atoms with Crippen LogP contribution in [0.4, 0.5) is 0 Å². The maximum atomic E-state index is 4.03. The van der Waals surface area contributed by atoms with Crippen LogP contribution in [-0.4, -0.2) is 6.26 Å². The van der Waals surface area contributed by atoms with Gasteiger partial charge in [-0.3, -0.25) is 0 Å². The number of hydrogen-bond acceptors (Lipinski definition) is 1. The van der Waals surface area contributed by atoms with Gasteiger partial charge >= 0.3 is 0 Å². The molecule has 0 aliphatic heterocycles. The molecular weight excluding hydrogens is 152 g/mol. The van der Waals surface area contributed by atoms with Crippen molar-refractivity contribution in [2.24, 2.45) is 0 Å². The van der Waals surface area contributed by atoms with E-state index in [0.29, 0.717) is 0 Å². The molecule has 0 spiro atoms. The number of rotatable bonds is 1. The van der Waals surface area contributed by atoms with Gasteiger partial charge in [0.15, 0.2) is 0 Å². The van der Waals surface area contributed by atoms with Gasteiger partial charge in [0.1, 0.15) is 0 Å². The predicted octanol–water partition coefficient (Wildman–Crippen LogP) is 3.75. The molecule has 0 saturated heterocycles. The molecule has 0 saturated carbocycles. The Morgan fingerprint density at radius 3 is 2.91 bits per heavy atom. The minimum Gasteiger partial charge on any atom is -0.134 e. The average molecular weight is 168 g/mol. The summed E-state index contributed by atoms with van der Waals surface area (Å²) in [7, 11) is 0. The molecular formula is C10H16S. The summed E-state index contributed by atoms with van der Waals surface area (Å²) in [6.07, 6.45) is 10.7. The highest BCUT2D eigenvalue weighted by Crippen LogP contribution is 2.25. The zero-order valence-corrected chi connectivity index (χ0v) is 8.04. The van der Waals surface area contributed by atoms with Crippen molar-refractivity contribution in [2.75, 3.05) is 6.26 Å². The Morgan fingerprint density at radius 2 is 2.18 bits per heavy atom. The molecule has 0 aromatic carbocycles. The van der Waals surface area contributed by atoms with Crippen LogP contribution >= 0.6 is 11.8 Å². The first-order chi connectivity index (χ1) is 5.33. The quantitative estimate of drug-likeness (QED) is 0.537. The van der Waals surface area contributed by atoms with Crippen molar-refractivity contribution >= 4 is 11.8 Å². The van der Waals surface area contributed by atoms with Gasteiger partial charge in [-0.05, 0) is 43.3 Å². The molecule has 11 heavy (non-hydrogen) atoms. The first-order valence-electron chi connectivity index (χ1n) is 4.22. The van der Waals surface area contributed by atoms with Crippen LogP contribution in [0.2, 0.25) is 0 Å². The Labute approximate surface area is 73.8 Å². The van der Waals surface area contributed by atoms with Crippen molar-refractivity contribution in [3.05, 3.63) is 23.1 Å². The Kier molecular flexibility index (Phi) is 3.78. The monoisotopic (exact) mass is 168 g/mol. The highest BCUT2D eigenvalue weighted by atomic mass is 32.2. The van der Waals surface area contributed by atoms with Crippen molar-refractivity contribution in [1.29, 1.82) is 0 Å². The molecule has 0 bridgehead atoms. The summed E-state index contributed by atoms with van der Waals surface area (Å²) < 4.78 is 0. The van der Waals surface area contributed by atoms with Crippen molar-refractivity contribution in [2.45, 2.75) is 32.1 Å². The van der Waals surface area contributed by atoms with E-state index < -0.39 is 0 Å². The fraction of sp³-hybridized carbons (Fsp3) is 0.600. The van der Waals surface area contributed by atoms with E-state index in [1.807, 2.05) is 11.8 Å². The lowest BCUT2D eigenvalue weighted by molar-refractivity contribution is 0.762. The van der Waals surface area contributed by atoms with E-state index in [4.69, 9.17) is 0 Å². The smallest absolute Gasteiger partial charge is 0.0140 e. The molecule has 0 aromatic rings. The fourth-order valence-corrected chi connectivity index (χ4v) is 2.00. The predicted molar refractivity (Wildman–Crippen MR) is 53.8 cm³/mol. The molecule has 1 aliphatic rings. The molecule has 1 rings (SSSR count). The van der Waals surface area contributed by atoms with Gasteiger partial charge in [0.05, 0.1) is 0 Å².